The van der Waals surface area contributed by atoms with Crippen LogP contribution in [0, 0.1) is 0 Å². The van der Waals surface area contributed by atoms with Crippen LogP contribution in [0.25, 0.3) is 0 Å². The third kappa shape index (κ3) is 1.19. The van der Waals surface area contributed by atoms with Crippen molar-refractivity contribution in [3.63, 3.8) is 0 Å². The summed E-state index contributed by atoms with van der Waals surface area (Å²) in [6.07, 6.45) is 1.22. The summed E-state index contributed by atoms with van der Waals surface area (Å²) in [6, 6.07) is 10.9. The zero-order valence-corrected chi connectivity index (χ0v) is 10.3. The van der Waals surface area contributed by atoms with Gasteiger partial charge in [0.25, 0.3) is 0 Å². The fourth-order valence-corrected chi connectivity index (χ4v) is 5.37. The highest BCUT2D eigenvalue weighted by molar-refractivity contribution is 6.81. The molecule has 14 heavy (non-hydrogen) atoms. The predicted molar refractivity (Wildman–Crippen MR) is 65.2 cm³/mol. The first-order chi connectivity index (χ1) is 6.48. The van der Waals surface area contributed by atoms with Crippen molar-refractivity contribution in [1.29, 1.82) is 0 Å². The van der Waals surface area contributed by atoms with E-state index in [0.717, 1.165) is 0 Å². The van der Waals surface area contributed by atoms with Crippen LogP contribution in [0.4, 0.5) is 0 Å². The van der Waals surface area contributed by atoms with Gasteiger partial charge in [-0.05, 0) is 12.0 Å². The lowest BCUT2D eigenvalue weighted by atomic mass is 10.1. The number of benzene rings is 1. The molecule has 0 amide bonds. The minimum absolute atomic E-state index is 0.383. The van der Waals surface area contributed by atoms with E-state index in [1.807, 2.05) is 0 Å². The Balaban J connectivity index is 2.47. The van der Waals surface area contributed by atoms with Crippen molar-refractivity contribution >= 4 is 8.07 Å². The van der Waals surface area contributed by atoms with E-state index in [1.54, 1.807) is 0 Å². The highest BCUT2D eigenvalue weighted by Gasteiger charge is 2.57. The second-order valence-corrected chi connectivity index (χ2v) is 10.7. The van der Waals surface area contributed by atoms with Gasteiger partial charge in [0.15, 0.2) is 0 Å². The topological polar surface area (TPSA) is 0 Å². The van der Waals surface area contributed by atoms with Gasteiger partial charge in [-0.2, -0.15) is 0 Å². The van der Waals surface area contributed by atoms with Crippen molar-refractivity contribution in [2.24, 2.45) is 0 Å². The van der Waals surface area contributed by atoms with Crippen LogP contribution in [0.5, 0.6) is 0 Å². The number of rotatable bonds is 2. The highest BCUT2D eigenvalue weighted by atomic mass is 28.3. The first-order valence-corrected chi connectivity index (χ1v) is 8.72. The van der Waals surface area contributed by atoms with Crippen molar-refractivity contribution < 1.29 is 0 Å². The van der Waals surface area contributed by atoms with Gasteiger partial charge in [0.1, 0.15) is 0 Å². The van der Waals surface area contributed by atoms with Crippen LogP contribution in [-0.4, -0.2) is 8.07 Å². The lowest BCUT2D eigenvalue weighted by Gasteiger charge is -2.29. The molecular formula is C13H18Si. The van der Waals surface area contributed by atoms with E-state index in [0.29, 0.717) is 5.04 Å². The molecule has 0 radical (unpaired) electrons. The summed E-state index contributed by atoms with van der Waals surface area (Å²) in [6.45, 7) is 11.5. The molecule has 0 saturated heterocycles. The third-order valence-corrected chi connectivity index (χ3v) is 6.88. The molecule has 1 atom stereocenters. The average molecular weight is 202 g/mol. The minimum atomic E-state index is -1.18. The highest BCUT2D eigenvalue weighted by Crippen LogP contribution is 2.58. The van der Waals surface area contributed by atoms with Gasteiger partial charge in [-0.3, -0.25) is 0 Å². The van der Waals surface area contributed by atoms with E-state index in [-0.39, 0.29) is 0 Å². The lowest BCUT2D eigenvalue weighted by Crippen LogP contribution is -2.38. The maximum Gasteiger partial charge on any atom is 0.0612 e. The summed E-state index contributed by atoms with van der Waals surface area (Å²) >= 11 is 0. The zero-order valence-electron chi connectivity index (χ0n) is 9.30. The van der Waals surface area contributed by atoms with Gasteiger partial charge in [-0.1, -0.05) is 62.1 Å². The van der Waals surface area contributed by atoms with Crippen molar-refractivity contribution in [3.05, 3.63) is 48.0 Å². The van der Waals surface area contributed by atoms with Gasteiger partial charge in [-0.15, -0.1) is 0 Å². The smallest absolute Gasteiger partial charge is 0.0612 e. The van der Waals surface area contributed by atoms with Gasteiger partial charge in [0.05, 0.1) is 8.07 Å². The van der Waals surface area contributed by atoms with Crippen LogP contribution in [0.2, 0.25) is 19.6 Å². The normalized spacial score (nSPS) is 26.4. The van der Waals surface area contributed by atoms with E-state index in [2.05, 4.69) is 56.6 Å². The van der Waals surface area contributed by atoms with Gasteiger partial charge >= 0.3 is 0 Å². The molecule has 74 valence electrons. The van der Waals surface area contributed by atoms with E-state index >= 15 is 0 Å². The molecule has 1 aromatic carbocycles. The van der Waals surface area contributed by atoms with Crippen molar-refractivity contribution in [1.82, 2.24) is 0 Å². The summed E-state index contributed by atoms with van der Waals surface area (Å²) in [5, 5.41) is 0.383. The number of allylic oxidation sites excluding steroid dienone is 1. The predicted octanol–water partition coefficient (Wildman–Crippen LogP) is 3.76. The van der Waals surface area contributed by atoms with Crippen LogP contribution in [0.3, 0.4) is 0 Å². The van der Waals surface area contributed by atoms with Crippen molar-refractivity contribution in [3.8, 4) is 0 Å². The zero-order chi connectivity index (χ0) is 10.4. The molecule has 1 unspecified atom stereocenters. The van der Waals surface area contributed by atoms with Crippen LogP contribution in [0.15, 0.2) is 42.5 Å². The molecule has 1 aliphatic carbocycles. The first-order valence-electron chi connectivity index (χ1n) is 5.22. The molecule has 1 fully saturated rings. The Morgan fingerprint density at radius 2 is 1.64 bits per heavy atom. The van der Waals surface area contributed by atoms with Crippen molar-refractivity contribution in [2.45, 2.75) is 31.1 Å². The monoisotopic (exact) mass is 202 g/mol. The lowest BCUT2D eigenvalue weighted by molar-refractivity contribution is 0.982. The average Bonchev–Trinajstić information content (AvgIpc) is 2.79. The number of hydrogen-bond acceptors (Lipinski definition) is 0. The maximum absolute atomic E-state index is 4.20. The van der Waals surface area contributed by atoms with Crippen LogP contribution < -0.4 is 0 Å². The van der Waals surface area contributed by atoms with Crippen LogP contribution in [0.1, 0.15) is 12.0 Å². The van der Waals surface area contributed by atoms with E-state index in [4.69, 9.17) is 0 Å². The second-order valence-electron chi connectivity index (χ2n) is 5.30. The summed E-state index contributed by atoms with van der Waals surface area (Å²) in [5.74, 6) is 0. The fraction of sp³-hybridized carbons (Fsp3) is 0.385. The molecule has 0 bridgehead atoms. The molecule has 1 heteroatoms. The van der Waals surface area contributed by atoms with Crippen molar-refractivity contribution in [2.75, 3.05) is 0 Å². The van der Waals surface area contributed by atoms with Crippen LogP contribution >= 0.6 is 0 Å². The Hall–Kier alpha value is -0.823. The molecule has 1 aliphatic rings. The molecule has 1 saturated carbocycles. The minimum Gasteiger partial charge on any atom is -0.0992 e. The second kappa shape index (κ2) is 2.83. The van der Waals surface area contributed by atoms with Gasteiger partial charge in [0, 0.05) is 5.04 Å². The molecule has 0 aromatic heterocycles. The van der Waals surface area contributed by atoms with Gasteiger partial charge in [-0.25, -0.2) is 0 Å². The molecular weight excluding hydrogens is 184 g/mol. The number of hydrogen-bond donors (Lipinski definition) is 0. The van der Waals surface area contributed by atoms with E-state index in [1.165, 1.54) is 17.6 Å². The Kier molecular flexibility index (Phi) is 1.97. The maximum atomic E-state index is 4.20. The molecule has 1 aromatic rings. The fourth-order valence-electron chi connectivity index (χ4n) is 2.53. The Labute approximate surface area is 87.7 Å². The molecule has 0 heterocycles. The quantitative estimate of drug-likeness (QED) is 0.506. The summed E-state index contributed by atoms with van der Waals surface area (Å²) in [7, 11) is -1.18. The largest absolute Gasteiger partial charge is 0.0992 e. The standard InChI is InChI=1S/C13H18Si/c1-11-10-13(11,14(2,3)4)12-8-6-5-7-9-12/h5-9H,1,10H2,2-4H3. The van der Waals surface area contributed by atoms with Crippen LogP contribution in [-0.2, 0) is 5.04 Å². The van der Waals surface area contributed by atoms with Gasteiger partial charge < -0.3 is 0 Å². The Morgan fingerprint density at radius 1 is 1.14 bits per heavy atom. The van der Waals surface area contributed by atoms with E-state index < -0.39 is 8.07 Å². The summed E-state index contributed by atoms with van der Waals surface area (Å²) < 4.78 is 0. The molecule has 0 aliphatic heterocycles. The summed E-state index contributed by atoms with van der Waals surface area (Å²) in [4.78, 5) is 0. The Morgan fingerprint density at radius 3 is 2.00 bits per heavy atom. The molecule has 0 spiro atoms. The summed E-state index contributed by atoms with van der Waals surface area (Å²) in [5.41, 5.74) is 2.94. The SMILES string of the molecule is C=C1CC1(c1ccccc1)[Si](C)(C)C. The van der Waals surface area contributed by atoms with Gasteiger partial charge in [0.2, 0.25) is 0 Å². The van der Waals surface area contributed by atoms with E-state index in [9.17, 15) is 0 Å². The first kappa shape index (κ1) is 9.72. The third-order valence-electron chi connectivity index (χ3n) is 3.50. The molecule has 2 rings (SSSR count). The molecule has 0 nitrogen and oxygen atoms in total. The molecule has 0 N–H and O–H groups in total. The Bertz CT molecular complexity index is 359.